The first-order valence-corrected chi connectivity index (χ1v) is 5.85. The molecule has 0 fully saturated rings. The van der Waals surface area contributed by atoms with E-state index in [1.165, 1.54) is 17.0 Å². The third-order valence-corrected chi connectivity index (χ3v) is 2.63. The molecule has 1 aromatic carbocycles. The summed E-state index contributed by atoms with van der Waals surface area (Å²) in [6, 6.07) is 3.66. The minimum absolute atomic E-state index is 0.150. The number of aliphatic carboxylic acids is 1. The topological polar surface area (TPSA) is 92.9 Å². The van der Waals surface area contributed by atoms with Crippen LogP contribution in [0.4, 0.5) is 4.79 Å². The van der Waals surface area contributed by atoms with E-state index >= 15 is 0 Å². The van der Waals surface area contributed by atoms with Crippen LogP contribution in [0.25, 0.3) is 0 Å². The van der Waals surface area contributed by atoms with E-state index < -0.39 is 18.1 Å². The molecule has 1 aromatic rings. The number of rotatable bonds is 4. The van der Waals surface area contributed by atoms with Crippen molar-refractivity contribution in [1.82, 2.24) is 4.90 Å². The van der Waals surface area contributed by atoms with Crippen molar-refractivity contribution in [3.63, 3.8) is 0 Å². The third kappa shape index (κ3) is 4.42. The molecule has 0 heterocycles. The number of benzene rings is 1. The monoisotopic (exact) mass is 286 g/mol. The fraction of sp³-hybridized carbons (Fsp3) is 0.333. The van der Waals surface area contributed by atoms with Gasteiger partial charge in [-0.1, -0.05) is 17.7 Å². The van der Waals surface area contributed by atoms with Crippen molar-refractivity contribution in [3.05, 3.63) is 28.8 Å². The fourth-order valence-corrected chi connectivity index (χ4v) is 1.52. The van der Waals surface area contributed by atoms with Crippen LogP contribution in [0.3, 0.4) is 0 Å². The van der Waals surface area contributed by atoms with Crippen LogP contribution in [-0.2, 0) is 11.2 Å². The van der Waals surface area contributed by atoms with Crippen molar-refractivity contribution in [2.75, 3.05) is 14.1 Å². The molecule has 1 rings (SSSR count). The average molecular weight is 287 g/mol. The van der Waals surface area contributed by atoms with Gasteiger partial charge >= 0.3 is 12.1 Å². The van der Waals surface area contributed by atoms with Gasteiger partial charge < -0.3 is 20.5 Å². The maximum Gasteiger partial charge on any atom is 0.414 e. The molecule has 0 saturated heterocycles. The molecule has 0 bridgehead atoms. The van der Waals surface area contributed by atoms with Crippen molar-refractivity contribution in [1.29, 1.82) is 0 Å². The molecule has 0 spiro atoms. The Morgan fingerprint density at radius 3 is 2.58 bits per heavy atom. The minimum atomic E-state index is -1.08. The van der Waals surface area contributed by atoms with E-state index in [-0.39, 0.29) is 17.2 Å². The zero-order valence-corrected chi connectivity index (χ0v) is 11.3. The molecule has 0 aliphatic rings. The SMILES string of the molecule is CN(C)C(=O)Oc1ccc(C[C@H](N)C(=O)O)cc1Cl. The van der Waals surface area contributed by atoms with Gasteiger partial charge in [0.1, 0.15) is 6.04 Å². The molecule has 0 aliphatic heterocycles. The maximum atomic E-state index is 11.4. The first-order chi connectivity index (χ1) is 8.81. The molecule has 1 atom stereocenters. The standard InChI is InChI=1S/C12H15ClN2O4/c1-15(2)12(18)19-10-4-3-7(5-8(10)13)6-9(14)11(16)17/h3-5,9H,6,14H2,1-2H3,(H,16,17)/t9-/m0/s1. The second-order valence-corrected chi connectivity index (χ2v) is 4.58. The lowest BCUT2D eigenvalue weighted by Gasteiger charge is -2.13. The van der Waals surface area contributed by atoms with Gasteiger partial charge in [-0.15, -0.1) is 0 Å². The van der Waals surface area contributed by atoms with E-state index in [0.29, 0.717) is 5.56 Å². The Hall–Kier alpha value is -1.79. The molecule has 0 saturated carbocycles. The summed E-state index contributed by atoms with van der Waals surface area (Å²) < 4.78 is 5.02. The van der Waals surface area contributed by atoms with Gasteiger partial charge in [0.05, 0.1) is 5.02 Å². The summed E-state index contributed by atoms with van der Waals surface area (Å²) in [5.74, 6) is -0.868. The molecule has 0 aliphatic carbocycles. The summed E-state index contributed by atoms with van der Waals surface area (Å²) in [6.45, 7) is 0. The summed E-state index contributed by atoms with van der Waals surface area (Å²) >= 11 is 5.96. The Kier molecular flexibility index (Phi) is 5.14. The predicted molar refractivity (Wildman–Crippen MR) is 70.5 cm³/mol. The van der Waals surface area contributed by atoms with E-state index in [2.05, 4.69) is 0 Å². The van der Waals surface area contributed by atoms with E-state index in [4.69, 9.17) is 27.2 Å². The quantitative estimate of drug-likeness (QED) is 0.871. The molecule has 1 amide bonds. The largest absolute Gasteiger partial charge is 0.480 e. The van der Waals surface area contributed by atoms with Crippen LogP contribution in [0, 0.1) is 0 Å². The van der Waals surface area contributed by atoms with Crippen LogP contribution in [0.15, 0.2) is 18.2 Å². The second-order valence-electron chi connectivity index (χ2n) is 4.18. The first-order valence-electron chi connectivity index (χ1n) is 5.47. The summed E-state index contributed by atoms with van der Waals surface area (Å²) in [7, 11) is 3.10. The van der Waals surface area contributed by atoms with Crippen LogP contribution in [0.2, 0.25) is 5.02 Å². The van der Waals surface area contributed by atoms with Crippen molar-refractivity contribution in [3.8, 4) is 5.75 Å². The number of nitrogens with zero attached hydrogens (tertiary/aromatic N) is 1. The smallest absolute Gasteiger partial charge is 0.414 e. The van der Waals surface area contributed by atoms with Gasteiger partial charge in [0.15, 0.2) is 5.75 Å². The molecule has 6 nitrogen and oxygen atoms in total. The highest BCUT2D eigenvalue weighted by atomic mass is 35.5. The Labute approximate surface area is 115 Å². The lowest BCUT2D eigenvalue weighted by Crippen LogP contribution is -2.32. The van der Waals surface area contributed by atoms with Gasteiger partial charge in [0.25, 0.3) is 0 Å². The number of halogens is 1. The van der Waals surface area contributed by atoms with Gasteiger partial charge in [0.2, 0.25) is 0 Å². The zero-order valence-electron chi connectivity index (χ0n) is 10.6. The van der Waals surface area contributed by atoms with Crippen molar-refractivity contribution >= 4 is 23.7 Å². The fourth-order valence-electron chi connectivity index (χ4n) is 1.28. The predicted octanol–water partition coefficient (Wildman–Crippen LogP) is 1.35. The number of ether oxygens (including phenoxy) is 1. The highest BCUT2D eigenvalue weighted by Gasteiger charge is 2.14. The number of carboxylic acid groups (broad SMARTS) is 1. The van der Waals surface area contributed by atoms with E-state index in [1.807, 2.05) is 0 Å². The summed E-state index contributed by atoms with van der Waals surface area (Å²) in [5, 5.41) is 8.94. The lowest BCUT2D eigenvalue weighted by molar-refractivity contribution is -0.138. The van der Waals surface area contributed by atoms with Gasteiger partial charge in [0, 0.05) is 14.1 Å². The molecule has 0 radical (unpaired) electrons. The highest BCUT2D eigenvalue weighted by molar-refractivity contribution is 6.32. The van der Waals surface area contributed by atoms with E-state index in [1.54, 1.807) is 20.2 Å². The number of nitrogens with two attached hydrogens (primary N) is 1. The van der Waals surface area contributed by atoms with E-state index in [0.717, 1.165) is 0 Å². The summed E-state index contributed by atoms with van der Waals surface area (Å²) in [5.41, 5.74) is 6.08. The van der Waals surface area contributed by atoms with Gasteiger partial charge in [-0.25, -0.2) is 4.79 Å². The normalized spacial score (nSPS) is 11.8. The van der Waals surface area contributed by atoms with Gasteiger partial charge in [-0.2, -0.15) is 0 Å². The maximum absolute atomic E-state index is 11.4. The molecule has 7 heteroatoms. The molecule has 0 unspecified atom stereocenters. The van der Waals surface area contributed by atoms with Gasteiger partial charge in [-0.05, 0) is 24.1 Å². The minimum Gasteiger partial charge on any atom is -0.480 e. The molecule has 104 valence electrons. The van der Waals surface area contributed by atoms with Crippen LogP contribution >= 0.6 is 11.6 Å². The van der Waals surface area contributed by atoms with Crippen molar-refractivity contribution in [2.45, 2.75) is 12.5 Å². The Balaban J connectivity index is 2.80. The number of hydrogen-bond acceptors (Lipinski definition) is 4. The Morgan fingerprint density at radius 2 is 2.11 bits per heavy atom. The number of hydrogen-bond donors (Lipinski definition) is 2. The summed E-state index contributed by atoms with van der Waals surface area (Å²) in [6.07, 6.45) is -0.395. The molecular formula is C12H15ClN2O4. The van der Waals surface area contributed by atoms with E-state index in [9.17, 15) is 9.59 Å². The molecule has 3 N–H and O–H groups in total. The van der Waals surface area contributed by atoms with Crippen LogP contribution < -0.4 is 10.5 Å². The number of carboxylic acids is 1. The third-order valence-electron chi connectivity index (χ3n) is 2.33. The highest BCUT2D eigenvalue weighted by Crippen LogP contribution is 2.26. The summed E-state index contributed by atoms with van der Waals surface area (Å²) in [4.78, 5) is 23.3. The Morgan fingerprint density at radius 1 is 1.47 bits per heavy atom. The zero-order chi connectivity index (χ0) is 14.6. The van der Waals surface area contributed by atoms with Gasteiger partial charge in [-0.3, -0.25) is 4.79 Å². The first kappa shape index (κ1) is 15.3. The lowest BCUT2D eigenvalue weighted by atomic mass is 10.1. The molecule has 0 aromatic heterocycles. The second kappa shape index (κ2) is 6.40. The van der Waals surface area contributed by atoms with Crippen LogP contribution in [0.5, 0.6) is 5.75 Å². The number of carbonyl (C=O) groups excluding carboxylic acids is 1. The van der Waals surface area contributed by atoms with Crippen LogP contribution in [-0.4, -0.2) is 42.2 Å². The van der Waals surface area contributed by atoms with Crippen molar-refractivity contribution in [2.24, 2.45) is 5.73 Å². The average Bonchev–Trinajstić information content (AvgIpc) is 2.32. The molecule has 19 heavy (non-hydrogen) atoms. The Bertz CT molecular complexity index is 491. The number of carbonyl (C=O) groups is 2. The molecular weight excluding hydrogens is 272 g/mol. The number of amides is 1. The van der Waals surface area contributed by atoms with Crippen molar-refractivity contribution < 1.29 is 19.4 Å². The van der Waals surface area contributed by atoms with Crippen LogP contribution in [0.1, 0.15) is 5.56 Å².